The molecule has 98 valence electrons. The van der Waals surface area contributed by atoms with Crippen molar-refractivity contribution in [2.45, 2.75) is 26.4 Å². The Labute approximate surface area is 115 Å². The van der Waals surface area contributed by atoms with E-state index in [0.717, 1.165) is 27.6 Å². The van der Waals surface area contributed by atoms with Crippen molar-refractivity contribution in [2.24, 2.45) is 0 Å². The number of hydrogen-bond donors (Lipinski definition) is 1. The Morgan fingerprint density at radius 3 is 2.68 bits per heavy atom. The first kappa shape index (κ1) is 12.3. The van der Waals surface area contributed by atoms with Gasteiger partial charge in [0.25, 0.3) is 0 Å². The molecule has 5 heteroatoms. The molecule has 0 amide bonds. The minimum Gasteiger partial charge on any atom is -0.388 e. The topological polar surface area (TPSA) is 50.4 Å². The molecule has 1 N–H and O–H groups in total. The molecule has 0 saturated heterocycles. The van der Waals surface area contributed by atoms with E-state index >= 15 is 0 Å². The van der Waals surface area contributed by atoms with Crippen LogP contribution in [0.15, 0.2) is 29.9 Å². The molecule has 3 aromatic rings. The van der Waals surface area contributed by atoms with Crippen molar-refractivity contribution >= 4 is 16.3 Å². The number of hydrogen-bond acceptors (Lipinski definition) is 4. The van der Waals surface area contributed by atoms with Gasteiger partial charge in [-0.15, -0.1) is 11.3 Å². The third-order valence-corrected chi connectivity index (χ3v) is 3.80. The molecular formula is C14H15N3OS. The zero-order valence-electron chi connectivity index (χ0n) is 10.9. The number of thiazole rings is 1. The van der Waals surface area contributed by atoms with E-state index < -0.39 is 6.10 Å². The molecule has 3 heterocycles. The van der Waals surface area contributed by atoms with Crippen LogP contribution < -0.4 is 0 Å². The number of aromatic nitrogens is 3. The van der Waals surface area contributed by atoms with E-state index in [1.54, 1.807) is 11.3 Å². The van der Waals surface area contributed by atoms with Crippen LogP contribution in [0, 0.1) is 13.8 Å². The lowest BCUT2D eigenvalue weighted by atomic mass is 10.0. The summed E-state index contributed by atoms with van der Waals surface area (Å²) in [4.78, 5) is 9.77. The summed E-state index contributed by atoms with van der Waals surface area (Å²) in [6.45, 7) is 3.88. The van der Waals surface area contributed by atoms with Gasteiger partial charge in [-0.05, 0) is 31.5 Å². The van der Waals surface area contributed by atoms with E-state index in [9.17, 15) is 5.11 Å². The average molecular weight is 273 g/mol. The van der Waals surface area contributed by atoms with Gasteiger partial charge in [0.2, 0.25) is 0 Å². The van der Waals surface area contributed by atoms with Gasteiger partial charge in [0.15, 0.2) is 4.96 Å². The number of aliphatic hydroxyl groups is 1. The van der Waals surface area contributed by atoms with E-state index in [-0.39, 0.29) is 0 Å². The van der Waals surface area contributed by atoms with Crippen molar-refractivity contribution in [3.63, 3.8) is 0 Å². The van der Waals surface area contributed by atoms with Gasteiger partial charge in [0.1, 0.15) is 0 Å². The lowest BCUT2D eigenvalue weighted by molar-refractivity contribution is 0.177. The van der Waals surface area contributed by atoms with Gasteiger partial charge in [-0.25, -0.2) is 4.98 Å². The van der Waals surface area contributed by atoms with Crippen LogP contribution in [-0.4, -0.2) is 19.5 Å². The second-order valence-electron chi connectivity index (χ2n) is 4.73. The van der Waals surface area contributed by atoms with Crippen molar-refractivity contribution in [3.8, 4) is 0 Å². The van der Waals surface area contributed by atoms with E-state index in [1.165, 1.54) is 0 Å². The number of pyridine rings is 1. The first-order valence-electron chi connectivity index (χ1n) is 6.16. The lowest BCUT2D eigenvalue weighted by Crippen LogP contribution is -2.04. The van der Waals surface area contributed by atoms with Gasteiger partial charge in [0, 0.05) is 35.6 Å². The van der Waals surface area contributed by atoms with Gasteiger partial charge in [-0.2, -0.15) is 0 Å². The largest absolute Gasteiger partial charge is 0.388 e. The van der Waals surface area contributed by atoms with Crippen molar-refractivity contribution in [1.82, 2.24) is 14.4 Å². The van der Waals surface area contributed by atoms with Crippen molar-refractivity contribution in [1.29, 1.82) is 0 Å². The smallest absolute Gasteiger partial charge is 0.193 e. The summed E-state index contributed by atoms with van der Waals surface area (Å²) < 4.78 is 1.98. The predicted molar refractivity (Wildman–Crippen MR) is 75.4 cm³/mol. The molecule has 3 aromatic heterocycles. The first-order valence-corrected chi connectivity index (χ1v) is 7.04. The van der Waals surface area contributed by atoms with E-state index in [1.807, 2.05) is 48.2 Å². The van der Waals surface area contributed by atoms with Crippen molar-refractivity contribution < 1.29 is 5.11 Å². The minimum absolute atomic E-state index is 0.525. The van der Waals surface area contributed by atoms with Crippen LogP contribution in [0.1, 0.15) is 28.7 Å². The van der Waals surface area contributed by atoms with Gasteiger partial charge < -0.3 is 5.11 Å². The normalized spacial score (nSPS) is 13.0. The fourth-order valence-corrected chi connectivity index (χ4v) is 2.97. The van der Waals surface area contributed by atoms with Crippen molar-refractivity contribution in [2.75, 3.05) is 0 Å². The molecule has 0 saturated carbocycles. The van der Waals surface area contributed by atoms with Gasteiger partial charge >= 0.3 is 0 Å². The summed E-state index contributed by atoms with van der Waals surface area (Å²) in [7, 11) is 0. The Kier molecular flexibility index (Phi) is 3.08. The summed E-state index contributed by atoms with van der Waals surface area (Å²) in [6.07, 6.45) is 3.93. The summed E-state index contributed by atoms with van der Waals surface area (Å²) in [5, 5.41) is 12.3. The molecule has 0 spiro atoms. The molecule has 1 atom stereocenters. The number of imidazole rings is 1. The van der Waals surface area contributed by atoms with E-state index in [4.69, 9.17) is 0 Å². The molecular weight excluding hydrogens is 258 g/mol. The molecule has 4 nitrogen and oxygen atoms in total. The highest BCUT2D eigenvalue weighted by Gasteiger charge is 2.12. The summed E-state index contributed by atoms with van der Waals surface area (Å²) in [6, 6.07) is 3.85. The second-order valence-corrected chi connectivity index (χ2v) is 5.60. The van der Waals surface area contributed by atoms with Crippen LogP contribution >= 0.6 is 11.3 Å². The van der Waals surface area contributed by atoms with E-state index in [2.05, 4.69) is 9.97 Å². The summed E-state index contributed by atoms with van der Waals surface area (Å²) in [5.74, 6) is 0. The maximum Gasteiger partial charge on any atom is 0.193 e. The standard InChI is InChI=1S/C14H15N3OS/c1-9-5-11(6-10(2)15-9)13(18)7-12-8-17-3-4-19-14(17)16-12/h3-6,8,13,18H,7H2,1-2H3. The van der Waals surface area contributed by atoms with Gasteiger partial charge in [0.05, 0.1) is 11.8 Å². The van der Waals surface area contributed by atoms with Crippen molar-refractivity contribution in [3.05, 3.63) is 52.6 Å². The monoisotopic (exact) mass is 273 g/mol. The van der Waals surface area contributed by atoms with Crippen LogP contribution in [0.4, 0.5) is 0 Å². The number of aryl methyl sites for hydroxylation is 2. The van der Waals surface area contributed by atoms with Crippen LogP contribution in [0.25, 0.3) is 4.96 Å². The molecule has 0 bridgehead atoms. The quantitative estimate of drug-likeness (QED) is 0.798. The van der Waals surface area contributed by atoms with Crippen LogP contribution in [0.2, 0.25) is 0 Å². The van der Waals surface area contributed by atoms with Crippen LogP contribution in [0.3, 0.4) is 0 Å². The molecule has 0 aromatic carbocycles. The maximum atomic E-state index is 10.3. The predicted octanol–water partition coefficient (Wildman–Crippen LogP) is 2.68. The molecule has 0 fully saturated rings. The Balaban J connectivity index is 1.84. The Morgan fingerprint density at radius 1 is 1.26 bits per heavy atom. The fourth-order valence-electron chi connectivity index (χ4n) is 2.25. The molecule has 0 aliphatic carbocycles. The molecule has 0 aliphatic rings. The lowest BCUT2D eigenvalue weighted by Gasteiger charge is -2.10. The molecule has 0 radical (unpaired) electrons. The highest BCUT2D eigenvalue weighted by atomic mass is 32.1. The highest BCUT2D eigenvalue weighted by Crippen LogP contribution is 2.20. The van der Waals surface area contributed by atoms with Crippen LogP contribution in [0.5, 0.6) is 0 Å². The number of nitrogens with zero attached hydrogens (tertiary/aromatic N) is 3. The third kappa shape index (κ3) is 2.52. The number of fused-ring (bicyclic) bond motifs is 1. The second kappa shape index (κ2) is 4.75. The van der Waals surface area contributed by atoms with Gasteiger partial charge in [-0.3, -0.25) is 9.38 Å². The number of rotatable bonds is 3. The average Bonchev–Trinajstić information content (AvgIpc) is 2.88. The maximum absolute atomic E-state index is 10.3. The molecule has 0 aliphatic heterocycles. The zero-order chi connectivity index (χ0) is 13.4. The van der Waals surface area contributed by atoms with Gasteiger partial charge in [-0.1, -0.05) is 0 Å². The summed E-state index contributed by atoms with van der Waals surface area (Å²) in [5.41, 5.74) is 3.67. The number of aliphatic hydroxyl groups excluding tert-OH is 1. The first-order chi connectivity index (χ1) is 9.11. The Morgan fingerprint density at radius 2 is 2.00 bits per heavy atom. The van der Waals surface area contributed by atoms with Crippen LogP contribution in [-0.2, 0) is 6.42 Å². The fraction of sp³-hybridized carbons (Fsp3) is 0.286. The Hall–Kier alpha value is -1.72. The Bertz CT molecular complexity index is 668. The highest BCUT2D eigenvalue weighted by molar-refractivity contribution is 7.15. The minimum atomic E-state index is -0.537. The molecule has 1 unspecified atom stereocenters. The van der Waals surface area contributed by atoms with E-state index in [0.29, 0.717) is 6.42 Å². The third-order valence-electron chi connectivity index (χ3n) is 3.03. The molecule has 19 heavy (non-hydrogen) atoms. The SMILES string of the molecule is Cc1cc(C(O)Cc2cn3ccsc3n2)cc(C)n1. The zero-order valence-corrected chi connectivity index (χ0v) is 11.7. The molecule has 3 rings (SSSR count). The summed E-state index contributed by atoms with van der Waals surface area (Å²) >= 11 is 1.60.